The van der Waals surface area contributed by atoms with Gasteiger partial charge >= 0.3 is 11.9 Å². The summed E-state index contributed by atoms with van der Waals surface area (Å²) in [4.78, 5) is 24.7. The van der Waals surface area contributed by atoms with E-state index in [-0.39, 0.29) is 0 Å². The standard InChI is InChI=1S/C24H38O4.C10H16/c1-3-5-7-9-11-15-19-27-23(25)21-17-13-14-18-22(21)24(26)28-20-16-12-10-8-6-4-2;1-9(2)8-4-6-10(9,3)7-5-8/h13-14,17-18H,3-12,15-16,19-20H2,1-2H3;4,6,8H,5,7H2,1-3H3. The summed E-state index contributed by atoms with van der Waals surface area (Å²) in [5.74, 6) is -0.0150. The van der Waals surface area contributed by atoms with E-state index in [1.165, 1.54) is 64.2 Å². The van der Waals surface area contributed by atoms with Crippen molar-refractivity contribution in [2.75, 3.05) is 13.2 Å². The number of carbonyl (C=O) groups is 2. The molecule has 2 atom stereocenters. The Labute approximate surface area is 233 Å². The second-order valence-electron chi connectivity index (χ2n) is 12.0. The average molecular weight is 527 g/mol. The number of hydrogen-bond donors (Lipinski definition) is 0. The molecular formula is C34H54O4. The van der Waals surface area contributed by atoms with Crippen LogP contribution in [0.1, 0.15) is 145 Å². The van der Waals surface area contributed by atoms with Crippen molar-refractivity contribution >= 4 is 11.9 Å². The Morgan fingerprint density at radius 3 is 1.50 bits per heavy atom. The summed E-state index contributed by atoms with van der Waals surface area (Å²) >= 11 is 0. The van der Waals surface area contributed by atoms with Crippen molar-refractivity contribution in [3.8, 4) is 0 Å². The number of hydrogen-bond acceptors (Lipinski definition) is 4. The largest absolute Gasteiger partial charge is 0.462 e. The second kappa shape index (κ2) is 16.8. The maximum Gasteiger partial charge on any atom is 0.339 e. The van der Waals surface area contributed by atoms with Crippen molar-refractivity contribution < 1.29 is 19.1 Å². The van der Waals surface area contributed by atoms with Gasteiger partial charge in [0.05, 0.1) is 24.3 Å². The Hall–Kier alpha value is -2.10. The molecule has 1 saturated carbocycles. The van der Waals surface area contributed by atoms with Crippen LogP contribution < -0.4 is 0 Å². The first-order chi connectivity index (χ1) is 18.3. The van der Waals surface area contributed by atoms with Gasteiger partial charge in [-0.2, -0.15) is 0 Å². The molecule has 0 spiro atoms. The van der Waals surface area contributed by atoms with Crippen LogP contribution in [0.4, 0.5) is 0 Å². The van der Waals surface area contributed by atoms with Crippen LogP contribution in [-0.2, 0) is 9.47 Å². The van der Waals surface area contributed by atoms with Crippen molar-refractivity contribution in [2.24, 2.45) is 16.7 Å². The third-order valence-corrected chi connectivity index (χ3v) is 8.90. The van der Waals surface area contributed by atoms with E-state index in [0.29, 0.717) is 35.2 Å². The van der Waals surface area contributed by atoms with E-state index in [0.717, 1.165) is 31.6 Å². The number of carbonyl (C=O) groups excluding carboxylic acids is 2. The van der Waals surface area contributed by atoms with Crippen LogP contribution in [0, 0.1) is 16.7 Å². The number of ether oxygens (including phenoxy) is 2. The predicted molar refractivity (Wildman–Crippen MR) is 158 cm³/mol. The second-order valence-corrected chi connectivity index (χ2v) is 12.0. The van der Waals surface area contributed by atoms with Gasteiger partial charge in [0.15, 0.2) is 0 Å². The molecule has 0 N–H and O–H groups in total. The topological polar surface area (TPSA) is 52.6 Å². The molecule has 3 rings (SSSR count). The lowest BCUT2D eigenvalue weighted by Crippen LogP contribution is -2.27. The van der Waals surface area contributed by atoms with E-state index < -0.39 is 11.9 Å². The molecule has 0 heterocycles. The van der Waals surface area contributed by atoms with Gasteiger partial charge in [-0.1, -0.05) is 123 Å². The summed E-state index contributed by atoms with van der Waals surface area (Å²) in [6.45, 7) is 12.4. The van der Waals surface area contributed by atoms with E-state index in [1.54, 1.807) is 24.3 Å². The fourth-order valence-electron chi connectivity index (χ4n) is 5.61. The van der Waals surface area contributed by atoms with E-state index in [1.807, 2.05) is 0 Å². The molecule has 2 aliphatic carbocycles. The first-order valence-corrected chi connectivity index (χ1v) is 15.4. The minimum atomic E-state index is -0.444. The van der Waals surface area contributed by atoms with E-state index in [9.17, 15) is 9.59 Å². The average Bonchev–Trinajstić information content (AvgIpc) is 3.28. The highest BCUT2D eigenvalue weighted by Crippen LogP contribution is 2.61. The van der Waals surface area contributed by atoms with E-state index in [2.05, 4.69) is 46.8 Å². The van der Waals surface area contributed by atoms with Crippen LogP contribution in [0.25, 0.3) is 0 Å². The number of unbranched alkanes of at least 4 members (excludes halogenated alkanes) is 10. The smallest absolute Gasteiger partial charge is 0.339 e. The zero-order valence-electron chi connectivity index (χ0n) is 25.0. The fraction of sp³-hybridized carbons (Fsp3) is 0.706. The molecule has 4 heteroatoms. The zero-order valence-corrected chi connectivity index (χ0v) is 25.0. The Morgan fingerprint density at radius 1 is 0.737 bits per heavy atom. The SMILES string of the molecule is CC12C=CC(CC1)C2(C)C.CCCCCCCCOC(=O)c1ccccc1C(=O)OCCCCCCCC. The molecule has 0 aromatic heterocycles. The Bertz CT molecular complexity index is 822. The van der Waals surface area contributed by atoms with Crippen LogP contribution in [0.3, 0.4) is 0 Å². The minimum Gasteiger partial charge on any atom is -0.462 e. The summed E-state index contributed by atoms with van der Waals surface area (Å²) in [5.41, 5.74) is 1.66. The van der Waals surface area contributed by atoms with Crippen LogP contribution >= 0.6 is 0 Å². The molecule has 38 heavy (non-hydrogen) atoms. The molecule has 2 bridgehead atoms. The quantitative estimate of drug-likeness (QED) is 0.122. The molecule has 0 aliphatic heterocycles. The van der Waals surface area contributed by atoms with Crippen LogP contribution in [0.2, 0.25) is 0 Å². The molecule has 2 aliphatic rings. The van der Waals surface area contributed by atoms with Gasteiger partial charge < -0.3 is 9.47 Å². The minimum absolute atomic E-state index is 0.293. The third kappa shape index (κ3) is 9.58. The van der Waals surface area contributed by atoms with Crippen molar-refractivity contribution in [1.29, 1.82) is 0 Å². The van der Waals surface area contributed by atoms with Gasteiger partial charge in [-0.05, 0) is 54.6 Å². The lowest BCUT2D eigenvalue weighted by molar-refractivity contribution is 0.0450. The molecular weight excluding hydrogens is 472 g/mol. The number of esters is 2. The normalized spacial score (nSPS) is 20.6. The summed E-state index contributed by atoms with van der Waals surface area (Å²) < 4.78 is 10.7. The number of allylic oxidation sites excluding steroid dienone is 2. The first-order valence-electron chi connectivity index (χ1n) is 15.4. The number of fused-ring (bicyclic) bond motifs is 2. The van der Waals surface area contributed by atoms with E-state index in [4.69, 9.17) is 9.47 Å². The maximum absolute atomic E-state index is 12.4. The Morgan fingerprint density at radius 2 is 1.18 bits per heavy atom. The van der Waals surface area contributed by atoms with Gasteiger partial charge in [-0.15, -0.1) is 0 Å². The van der Waals surface area contributed by atoms with Crippen molar-refractivity contribution in [3.63, 3.8) is 0 Å². The van der Waals surface area contributed by atoms with Crippen LogP contribution in [0.5, 0.6) is 0 Å². The Kier molecular flexibility index (Phi) is 14.2. The lowest BCUT2D eigenvalue weighted by Gasteiger charge is -2.33. The van der Waals surface area contributed by atoms with Crippen molar-refractivity contribution in [3.05, 3.63) is 47.5 Å². The van der Waals surface area contributed by atoms with Crippen LogP contribution in [0.15, 0.2) is 36.4 Å². The molecule has 4 nitrogen and oxygen atoms in total. The molecule has 1 aromatic carbocycles. The highest BCUT2D eigenvalue weighted by molar-refractivity contribution is 6.03. The molecule has 2 unspecified atom stereocenters. The summed E-state index contributed by atoms with van der Waals surface area (Å²) in [6.07, 6.45) is 21.3. The molecule has 1 fully saturated rings. The maximum atomic E-state index is 12.4. The highest BCUT2D eigenvalue weighted by Gasteiger charge is 2.52. The lowest BCUT2D eigenvalue weighted by atomic mass is 9.71. The van der Waals surface area contributed by atoms with Gasteiger partial charge in [-0.25, -0.2) is 9.59 Å². The van der Waals surface area contributed by atoms with Crippen molar-refractivity contribution in [1.82, 2.24) is 0 Å². The number of benzene rings is 1. The van der Waals surface area contributed by atoms with E-state index >= 15 is 0 Å². The van der Waals surface area contributed by atoms with Gasteiger partial charge in [-0.3, -0.25) is 0 Å². The van der Waals surface area contributed by atoms with Crippen molar-refractivity contribution in [2.45, 2.75) is 125 Å². The third-order valence-electron chi connectivity index (χ3n) is 8.90. The van der Waals surface area contributed by atoms with Gasteiger partial charge in [0.25, 0.3) is 0 Å². The molecule has 1 aromatic rings. The number of rotatable bonds is 16. The van der Waals surface area contributed by atoms with Gasteiger partial charge in [0.2, 0.25) is 0 Å². The molecule has 0 saturated heterocycles. The van der Waals surface area contributed by atoms with Crippen LogP contribution in [-0.4, -0.2) is 25.2 Å². The molecule has 0 amide bonds. The fourth-order valence-corrected chi connectivity index (χ4v) is 5.61. The monoisotopic (exact) mass is 526 g/mol. The van der Waals surface area contributed by atoms with Gasteiger partial charge in [0, 0.05) is 0 Å². The summed E-state index contributed by atoms with van der Waals surface area (Å²) in [7, 11) is 0. The Balaban J connectivity index is 0.000000415. The molecule has 214 valence electrons. The first kappa shape index (κ1) is 32.1. The predicted octanol–water partition coefficient (Wildman–Crippen LogP) is 9.72. The zero-order chi connectivity index (χ0) is 27.9. The highest BCUT2D eigenvalue weighted by atomic mass is 16.5. The van der Waals surface area contributed by atoms with Gasteiger partial charge in [0.1, 0.15) is 0 Å². The summed E-state index contributed by atoms with van der Waals surface area (Å²) in [5, 5.41) is 0. The summed E-state index contributed by atoms with van der Waals surface area (Å²) in [6, 6.07) is 6.74. The molecule has 0 radical (unpaired) electrons.